The Labute approximate surface area is 181 Å². The number of carboxylic acid groups (broad SMARTS) is 1. The van der Waals surface area contributed by atoms with Gasteiger partial charge in [-0.3, -0.25) is 14.4 Å². The van der Waals surface area contributed by atoms with Crippen molar-refractivity contribution in [2.24, 2.45) is 11.7 Å². The number of aliphatic carboxylic acids is 1. The number of hydrogen-bond acceptors (Lipinski definition) is 7. The monoisotopic (exact) mass is 448 g/mol. The summed E-state index contributed by atoms with van der Waals surface area (Å²) in [4.78, 5) is 50.6. The lowest BCUT2D eigenvalue weighted by Crippen LogP contribution is -2.58. The van der Waals surface area contributed by atoms with E-state index in [9.17, 15) is 19.2 Å². The maximum Gasteiger partial charge on any atom is 0.327 e. The van der Waals surface area contributed by atoms with Crippen LogP contribution in [0.2, 0.25) is 0 Å². The lowest BCUT2D eigenvalue weighted by Gasteiger charge is -2.31. The zero-order valence-electron chi connectivity index (χ0n) is 17.1. The Bertz CT molecular complexity index is 605. The molecule has 11 heteroatoms. The molecular weight excluding hydrogens is 416 g/mol. The van der Waals surface area contributed by atoms with Gasteiger partial charge >= 0.3 is 5.97 Å². The third-order valence-corrected chi connectivity index (χ3v) is 5.85. The minimum Gasteiger partial charge on any atom is -0.480 e. The van der Waals surface area contributed by atoms with Crippen LogP contribution >= 0.6 is 24.4 Å². The van der Waals surface area contributed by atoms with Gasteiger partial charge in [0.05, 0.1) is 6.04 Å². The van der Waals surface area contributed by atoms with Gasteiger partial charge in [-0.25, -0.2) is 4.79 Å². The topological polar surface area (TPSA) is 142 Å². The van der Waals surface area contributed by atoms with Gasteiger partial charge in [-0.1, -0.05) is 13.8 Å². The molecule has 0 radical (unpaired) electrons. The van der Waals surface area contributed by atoms with E-state index in [2.05, 4.69) is 23.3 Å². The van der Waals surface area contributed by atoms with E-state index in [0.717, 1.165) is 5.75 Å². The number of thiol groups is 1. The van der Waals surface area contributed by atoms with E-state index in [1.807, 2.05) is 20.1 Å². The smallest absolute Gasteiger partial charge is 0.327 e. The molecule has 0 saturated carbocycles. The van der Waals surface area contributed by atoms with E-state index in [4.69, 9.17) is 10.8 Å². The molecule has 1 aliphatic heterocycles. The van der Waals surface area contributed by atoms with E-state index in [1.54, 1.807) is 11.8 Å². The summed E-state index contributed by atoms with van der Waals surface area (Å²) < 4.78 is 0. The quantitative estimate of drug-likeness (QED) is 0.273. The minimum absolute atomic E-state index is 0.0552. The fraction of sp³-hybridized carbons (Fsp3) is 0.778. The van der Waals surface area contributed by atoms with Crippen molar-refractivity contribution < 1.29 is 24.3 Å². The molecule has 1 heterocycles. The first-order chi connectivity index (χ1) is 13.6. The highest BCUT2D eigenvalue weighted by atomic mass is 32.2. The fourth-order valence-electron chi connectivity index (χ4n) is 3.08. The standard InChI is InChI=1S/C18H32N4O5S2/c1-10(2)14(21-15(23)11(19)6-8-29-3)17(25)22-7-4-5-13(22)16(24)20-12(9-28)18(26)27/h10-14,28H,4-9,19H2,1-3H3,(H,20,24)(H,21,23)(H,26,27). The number of likely N-dealkylation sites (tertiary alicyclic amines) is 1. The Kier molecular flexibility index (Phi) is 10.8. The van der Waals surface area contributed by atoms with Gasteiger partial charge in [-0.2, -0.15) is 24.4 Å². The second-order valence-electron chi connectivity index (χ2n) is 7.39. The van der Waals surface area contributed by atoms with Gasteiger partial charge in [0.25, 0.3) is 0 Å². The molecule has 1 aliphatic rings. The van der Waals surface area contributed by atoms with Crippen LogP contribution in [-0.2, 0) is 19.2 Å². The Morgan fingerprint density at radius 2 is 1.93 bits per heavy atom. The number of rotatable bonds is 11. The first-order valence-electron chi connectivity index (χ1n) is 9.63. The van der Waals surface area contributed by atoms with Crippen LogP contribution in [0.5, 0.6) is 0 Å². The molecule has 5 N–H and O–H groups in total. The number of hydrogen-bond donors (Lipinski definition) is 5. The Morgan fingerprint density at radius 3 is 2.45 bits per heavy atom. The van der Waals surface area contributed by atoms with E-state index < -0.39 is 42.0 Å². The van der Waals surface area contributed by atoms with Crippen LogP contribution < -0.4 is 16.4 Å². The zero-order chi connectivity index (χ0) is 22.1. The number of nitrogens with zero attached hydrogens (tertiary/aromatic N) is 1. The van der Waals surface area contributed by atoms with Gasteiger partial charge < -0.3 is 26.4 Å². The molecule has 166 valence electrons. The molecule has 9 nitrogen and oxygen atoms in total. The van der Waals surface area contributed by atoms with Gasteiger partial charge in [0.1, 0.15) is 18.1 Å². The normalized spacial score (nSPS) is 19.5. The number of nitrogens with two attached hydrogens (primary N) is 1. The Balaban J connectivity index is 2.86. The van der Waals surface area contributed by atoms with E-state index in [-0.39, 0.29) is 17.6 Å². The molecule has 3 amide bonds. The summed E-state index contributed by atoms with van der Waals surface area (Å²) >= 11 is 5.52. The molecule has 0 aromatic rings. The van der Waals surface area contributed by atoms with Crippen LogP contribution in [-0.4, -0.2) is 82.2 Å². The number of carboxylic acids is 1. The molecule has 1 saturated heterocycles. The van der Waals surface area contributed by atoms with Crippen LogP contribution in [0.15, 0.2) is 0 Å². The van der Waals surface area contributed by atoms with Crippen molar-refractivity contribution in [1.29, 1.82) is 0 Å². The van der Waals surface area contributed by atoms with Crippen molar-refractivity contribution in [1.82, 2.24) is 15.5 Å². The summed E-state index contributed by atoms with van der Waals surface area (Å²) in [7, 11) is 0. The number of amides is 3. The third kappa shape index (κ3) is 7.38. The summed E-state index contributed by atoms with van der Waals surface area (Å²) in [5, 5.41) is 14.3. The molecule has 4 unspecified atom stereocenters. The molecule has 4 atom stereocenters. The highest BCUT2D eigenvalue weighted by Gasteiger charge is 2.39. The summed E-state index contributed by atoms with van der Waals surface area (Å²) in [6, 6.07) is -3.41. The van der Waals surface area contributed by atoms with Crippen molar-refractivity contribution in [2.45, 2.75) is 57.3 Å². The Hall–Kier alpha value is -1.46. The van der Waals surface area contributed by atoms with Crippen LogP contribution in [0.3, 0.4) is 0 Å². The number of carbonyl (C=O) groups is 4. The molecule has 0 bridgehead atoms. The van der Waals surface area contributed by atoms with Gasteiger partial charge in [0.2, 0.25) is 17.7 Å². The SMILES string of the molecule is CSCCC(N)C(=O)NC(C(=O)N1CCCC1C(=O)NC(CS)C(=O)O)C(C)C. The molecule has 1 rings (SSSR count). The molecule has 0 aromatic heterocycles. The predicted molar refractivity (Wildman–Crippen MR) is 116 cm³/mol. The van der Waals surface area contributed by atoms with Crippen LogP contribution in [0.25, 0.3) is 0 Å². The summed E-state index contributed by atoms with van der Waals surface area (Å²) in [6.07, 6.45) is 3.48. The summed E-state index contributed by atoms with van der Waals surface area (Å²) in [6.45, 7) is 3.98. The van der Waals surface area contributed by atoms with Gasteiger partial charge in [0, 0.05) is 12.3 Å². The van der Waals surface area contributed by atoms with E-state index in [1.165, 1.54) is 4.90 Å². The van der Waals surface area contributed by atoms with Crippen molar-refractivity contribution in [2.75, 3.05) is 24.3 Å². The summed E-state index contributed by atoms with van der Waals surface area (Å²) in [5.41, 5.74) is 5.90. The molecule has 0 aromatic carbocycles. The number of nitrogens with one attached hydrogen (secondary N) is 2. The molecule has 29 heavy (non-hydrogen) atoms. The highest BCUT2D eigenvalue weighted by molar-refractivity contribution is 7.98. The summed E-state index contributed by atoms with van der Waals surface area (Å²) in [5.74, 6) is -1.99. The number of carbonyl (C=O) groups excluding carboxylic acids is 3. The largest absolute Gasteiger partial charge is 0.480 e. The number of thioether (sulfide) groups is 1. The fourth-order valence-corrected chi connectivity index (χ4v) is 3.82. The van der Waals surface area contributed by atoms with Crippen molar-refractivity contribution in [3.8, 4) is 0 Å². The van der Waals surface area contributed by atoms with Crippen molar-refractivity contribution >= 4 is 48.1 Å². The Morgan fingerprint density at radius 1 is 1.28 bits per heavy atom. The maximum absolute atomic E-state index is 13.1. The molecule has 0 spiro atoms. The third-order valence-electron chi connectivity index (χ3n) is 4.84. The maximum atomic E-state index is 13.1. The van der Waals surface area contributed by atoms with Crippen molar-refractivity contribution in [3.63, 3.8) is 0 Å². The van der Waals surface area contributed by atoms with Crippen LogP contribution in [0.4, 0.5) is 0 Å². The first-order valence-corrected chi connectivity index (χ1v) is 11.7. The first kappa shape index (κ1) is 25.6. The predicted octanol–water partition coefficient (Wildman–Crippen LogP) is -0.302. The minimum atomic E-state index is -1.18. The van der Waals surface area contributed by atoms with Crippen LogP contribution in [0.1, 0.15) is 33.1 Å². The van der Waals surface area contributed by atoms with E-state index in [0.29, 0.717) is 25.8 Å². The molecular formula is C18H32N4O5S2. The van der Waals surface area contributed by atoms with Gasteiger partial charge in [0.15, 0.2) is 0 Å². The molecule has 1 fully saturated rings. The second-order valence-corrected chi connectivity index (χ2v) is 8.74. The molecule has 0 aliphatic carbocycles. The lowest BCUT2D eigenvalue weighted by atomic mass is 10.0. The lowest BCUT2D eigenvalue weighted by molar-refractivity contribution is -0.145. The second kappa shape index (κ2) is 12.3. The zero-order valence-corrected chi connectivity index (χ0v) is 18.8. The van der Waals surface area contributed by atoms with Crippen LogP contribution in [0, 0.1) is 5.92 Å². The van der Waals surface area contributed by atoms with Gasteiger partial charge in [-0.05, 0) is 37.2 Å². The van der Waals surface area contributed by atoms with Crippen molar-refractivity contribution in [3.05, 3.63) is 0 Å². The van der Waals surface area contributed by atoms with Gasteiger partial charge in [-0.15, -0.1) is 0 Å². The average Bonchev–Trinajstić information content (AvgIpc) is 3.16. The highest BCUT2D eigenvalue weighted by Crippen LogP contribution is 2.21. The van der Waals surface area contributed by atoms with E-state index >= 15 is 0 Å². The average molecular weight is 449 g/mol.